The number of unbranched alkanes of at least 4 members (excludes halogenated alkanes) is 1. The van der Waals surface area contributed by atoms with Crippen LogP contribution in [0.25, 0.3) is 0 Å². The highest BCUT2D eigenvalue weighted by Gasteiger charge is 2.10. The fourth-order valence-electron chi connectivity index (χ4n) is 1.54. The summed E-state index contributed by atoms with van der Waals surface area (Å²) >= 11 is 3.46. The molecule has 0 bridgehead atoms. The molecular formula is C10H16BrN7. The second-order valence-electron chi connectivity index (χ2n) is 4.13. The van der Waals surface area contributed by atoms with Crippen LogP contribution < -0.4 is 0 Å². The second-order valence-corrected chi connectivity index (χ2v) is 5.50. The molecule has 0 N–H and O–H groups in total. The molecule has 2 aromatic heterocycles. The number of aromatic nitrogens is 7. The Labute approximate surface area is 114 Å². The third-order valence-electron chi connectivity index (χ3n) is 2.60. The Balaban J connectivity index is 2.06. The molecule has 0 amide bonds. The first-order valence-electron chi connectivity index (χ1n) is 6.00. The molecule has 18 heavy (non-hydrogen) atoms. The van der Waals surface area contributed by atoms with Gasteiger partial charge < -0.3 is 0 Å². The topological polar surface area (TPSA) is 74.3 Å². The number of tetrazole rings is 1. The summed E-state index contributed by atoms with van der Waals surface area (Å²) in [4.78, 5) is 0.197. The third-order valence-corrected chi connectivity index (χ3v) is 3.07. The zero-order valence-corrected chi connectivity index (χ0v) is 12.1. The predicted octanol–water partition coefficient (Wildman–Crippen LogP) is 1.57. The van der Waals surface area contributed by atoms with Crippen molar-refractivity contribution in [3.8, 4) is 0 Å². The summed E-state index contributed by atoms with van der Waals surface area (Å²) in [6.07, 6.45) is 4.09. The Morgan fingerprint density at radius 3 is 2.83 bits per heavy atom. The van der Waals surface area contributed by atoms with Crippen molar-refractivity contribution in [1.29, 1.82) is 0 Å². The van der Waals surface area contributed by atoms with Crippen LogP contribution in [0.3, 0.4) is 0 Å². The van der Waals surface area contributed by atoms with Crippen molar-refractivity contribution in [2.75, 3.05) is 0 Å². The Kier molecular flexibility index (Phi) is 4.40. The van der Waals surface area contributed by atoms with Crippen molar-refractivity contribution < 1.29 is 0 Å². The van der Waals surface area contributed by atoms with Crippen LogP contribution in [0.2, 0.25) is 0 Å². The van der Waals surface area contributed by atoms with Crippen molar-refractivity contribution in [2.45, 2.75) is 44.6 Å². The maximum absolute atomic E-state index is 4.08. The van der Waals surface area contributed by atoms with E-state index in [1.165, 1.54) is 0 Å². The van der Waals surface area contributed by atoms with Crippen LogP contribution in [0.5, 0.6) is 0 Å². The number of halogens is 1. The SMILES string of the molecule is CCCCn1nnnc1Cn1cc(C(C)Br)nn1. The van der Waals surface area contributed by atoms with E-state index < -0.39 is 0 Å². The molecule has 0 spiro atoms. The average Bonchev–Trinajstić information content (AvgIpc) is 2.96. The van der Waals surface area contributed by atoms with Gasteiger partial charge in [-0.3, -0.25) is 0 Å². The molecule has 1 unspecified atom stereocenters. The monoisotopic (exact) mass is 313 g/mol. The van der Waals surface area contributed by atoms with Crippen LogP contribution >= 0.6 is 15.9 Å². The molecule has 0 aliphatic heterocycles. The molecule has 0 saturated heterocycles. The zero-order valence-electron chi connectivity index (χ0n) is 10.5. The van der Waals surface area contributed by atoms with Crippen LogP contribution in [0.1, 0.15) is 43.0 Å². The lowest BCUT2D eigenvalue weighted by Crippen LogP contribution is -2.10. The van der Waals surface area contributed by atoms with E-state index in [9.17, 15) is 0 Å². The van der Waals surface area contributed by atoms with E-state index in [-0.39, 0.29) is 4.83 Å². The Morgan fingerprint density at radius 1 is 1.33 bits per heavy atom. The van der Waals surface area contributed by atoms with Gasteiger partial charge in [0.05, 0.1) is 16.7 Å². The predicted molar refractivity (Wildman–Crippen MR) is 69.2 cm³/mol. The van der Waals surface area contributed by atoms with E-state index in [0.717, 1.165) is 30.9 Å². The molecule has 0 fully saturated rings. The van der Waals surface area contributed by atoms with Gasteiger partial charge in [0.15, 0.2) is 5.82 Å². The lowest BCUT2D eigenvalue weighted by atomic mass is 10.3. The number of rotatable bonds is 6. The molecule has 0 aliphatic rings. The molecule has 0 saturated carbocycles. The highest BCUT2D eigenvalue weighted by molar-refractivity contribution is 9.09. The summed E-state index contributed by atoms with van der Waals surface area (Å²) < 4.78 is 3.57. The second kappa shape index (κ2) is 6.03. The lowest BCUT2D eigenvalue weighted by Gasteiger charge is -2.02. The molecule has 2 aromatic rings. The number of aryl methyl sites for hydroxylation is 1. The van der Waals surface area contributed by atoms with E-state index in [2.05, 4.69) is 48.7 Å². The van der Waals surface area contributed by atoms with E-state index in [4.69, 9.17) is 0 Å². The first-order valence-corrected chi connectivity index (χ1v) is 6.91. The first-order chi connectivity index (χ1) is 8.70. The van der Waals surface area contributed by atoms with Crippen molar-refractivity contribution >= 4 is 15.9 Å². The van der Waals surface area contributed by atoms with Gasteiger partial charge in [-0.1, -0.05) is 34.5 Å². The van der Waals surface area contributed by atoms with Gasteiger partial charge in [0, 0.05) is 6.54 Å². The van der Waals surface area contributed by atoms with Gasteiger partial charge in [0.2, 0.25) is 0 Å². The summed E-state index contributed by atoms with van der Waals surface area (Å²) in [7, 11) is 0. The summed E-state index contributed by atoms with van der Waals surface area (Å²) in [6, 6.07) is 0. The molecule has 7 nitrogen and oxygen atoms in total. The minimum atomic E-state index is 0.197. The van der Waals surface area contributed by atoms with Crippen molar-refractivity contribution in [1.82, 2.24) is 35.2 Å². The maximum atomic E-state index is 4.08. The van der Waals surface area contributed by atoms with Crippen LogP contribution in [0.4, 0.5) is 0 Å². The van der Waals surface area contributed by atoms with Crippen LogP contribution in [0, 0.1) is 0 Å². The van der Waals surface area contributed by atoms with Gasteiger partial charge in [0.1, 0.15) is 6.54 Å². The third kappa shape index (κ3) is 3.12. The molecular weight excluding hydrogens is 298 g/mol. The van der Waals surface area contributed by atoms with Gasteiger partial charge in [-0.15, -0.1) is 10.2 Å². The Hall–Kier alpha value is -1.31. The molecule has 1 atom stereocenters. The van der Waals surface area contributed by atoms with Crippen LogP contribution in [-0.4, -0.2) is 35.2 Å². The van der Waals surface area contributed by atoms with Gasteiger partial charge in [-0.25, -0.2) is 9.36 Å². The molecule has 2 heterocycles. The van der Waals surface area contributed by atoms with Gasteiger partial charge in [0.25, 0.3) is 0 Å². The summed E-state index contributed by atoms with van der Waals surface area (Å²) in [5.74, 6) is 0.808. The molecule has 0 aromatic carbocycles. The minimum Gasteiger partial charge on any atom is -0.245 e. The van der Waals surface area contributed by atoms with E-state index in [1.807, 2.05) is 17.8 Å². The number of alkyl halides is 1. The standard InChI is InChI=1S/C10H16BrN7/c1-3-4-5-18-10(13-14-16-18)7-17-6-9(8(2)11)12-15-17/h6,8H,3-5,7H2,1-2H3. The summed E-state index contributed by atoms with van der Waals surface area (Å²) in [6.45, 7) is 5.55. The fourth-order valence-corrected chi connectivity index (χ4v) is 1.75. The molecule has 8 heteroatoms. The van der Waals surface area contributed by atoms with E-state index in [1.54, 1.807) is 4.68 Å². The van der Waals surface area contributed by atoms with Gasteiger partial charge in [-0.2, -0.15) is 0 Å². The van der Waals surface area contributed by atoms with Crippen molar-refractivity contribution in [2.24, 2.45) is 0 Å². The average molecular weight is 314 g/mol. The molecule has 98 valence electrons. The zero-order chi connectivity index (χ0) is 13.0. The Bertz CT molecular complexity index is 490. The molecule has 0 aliphatic carbocycles. The van der Waals surface area contributed by atoms with Crippen LogP contribution in [-0.2, 0) is 13.1 Å². The molecule has 0 radical (unpaired) electrons. The normalized spacial score (nSPS) is 12.8. The minimum absolute atomic E-state index is 0.197. The maximum Gasteiger partial charge on any atom is 0.172 e. The lowest BCUT2D eigenvalue weighted by molar-refractivity contribution is 0.511. The highest BCUT2D eigenvalue weighted by atomic mass is 79.9. The van der Waals surface area contributed by atoms with E-state index >= 15 is 0 Å². The van der Waals surface area contributed by atoms with E-state index in [0.29, 0.717) is 6.54 Å². The highest BCUT2D eigenvalue weighted by Crippen LogP contribution is 2.18. The summed E-state index contributed by atoms with van der Waals surface area (Å²) in [5.41, 5.74) is 0.905. The van der Waals surface area contributed by atoms with Gasteiger partial charge >= 0.3 is 0 Å². The van der Waals surface area contributed by atoms with Crippen LogP contribution in [0.15, 0.2) is 6.20 Å². The largest absolute Gasteiger partial charge is 0.245 e. The number of hydrogen-bond donors (Lipinski definition) is 0. The molecule has 2 rings (SSSR count). The number of hydrogen-bond acceptors (Lipinski definition) is 5. The quantitative estimate of drug-likeness (QED) is 0.757. The smallest absolute Gasteiger partial charge is 0.172 e. The number of nitrogens with zero attached hydrogens (tertiary/aromatic N) is 7. The van der Waals surface area contributed by atoms with Crippen molar-refractivity contribution in [3.63, 3.8) is 0 Å². The summed E-state index contributed by atoms with van der Waals surface area (Å²) in [5, 5.41) is 19.8. The van der Waals surface area contributed by atoms with Gasteiger partial charge in [-0.05, 0) is 23.8 Å². The first kappa shape index (κ1) is 13.1. The Morgan fingerprint density at radius 2 is 2.17 bits per heavy atom. The van der Waals surface area contributed by atoms with Crippen molar-refractivity contribution in [3.05, 3.63) is 17.7 Å². The fraction of sp³-hybridized carbons (Fsp3) is 0.700.